The van der Waals surface area contributed by atoms with Crippen molar-refractivity contribution in [3.05, 3.63) is 58.6 Å². The molecule has 0 radical (unpaired) electrons. The molecule has 0 bridgehead atoms. The molecule has 8 heteroatoms. The first-order chi connectivity index (χ1) is 12.8. The maximum atomic E-state index is 14.1. The largest absolute Gasteiger partial charge is 0.486 e. The minimum atomic E-state index is -0.949. The Bertz CT molecular complexity index is 850. The van der Waals surface area contributed by atoms with Crippen molar-refractivity contribution in [3.63, 3.8) is 0 Å². The molecule has 0 aromatic heterocycles. The van der Waals surface area contributed by atoms with Crippen LogP contribution in [0.3, 0.4) is 0 Å². The smallest absolute Gasteiger partial charge is 0.407 e. The molecular weight excluding hydrogens is 378 g/mol. The second-order valence-electron chi connectivity index (χ2n) is 6.41. The quantitative estimate of drug-likeness (QED) is 0.833. The summed E-state index contributed by atoms with van der Waals surface area (Å²) in [5, 5.41) is 9.44. The molecule has 5 nitrogen and oxygen atoms in total. The zero-order valence-electron chi connectivity index (χ0n) is 14.7. The summed E-state index contributed by atoms with van der Waals surface area (Å²) >= 11 is 5.72. The zero-order chi connectivity index (χ0) is 19.6. The van der Waals surface area contributed by atoms with E-state index in [9.17, 15) is 13.6 Å². The molecule has 1 aliphatic heterocycles. The standard InChI is InChI=1S/C19H19ClF2N2O3/c1-12-10-23(6-7-24(12)19(25)26)15-4-5-16(21)18(9-15)27-11-13-2-3-14(20)8-17(13)22/h2-5,8-9,12H,6-7,10-11H2,1H3,(H,25,26)/t12-/m0/s1. The van der Waals surface area contributed by atoms with Gasteiger partial charge < -0.3 is 19.6 Å². The van der Waals surface area contributed by atoms with Gasteiger partial charge in [0.2, 0.25) is 0 Å². The van der Waals surface area contributed by atoms with Crippen LogP contribution in [0, 0.1) is 11.6 Å². The molecule has 1 atom stereocenters. The predicted octanol–water partition coefficient (Wildman–Crippen LogP) is 4.39. The number of carbonyl (C=O) groups is 1. The molecule has 0 aliphatic carbocycles. The lowest BCUT2D eigenvalue weighted by Gasteiger charge is -2.39. The average molecular weight is 397 g/mol. The Kier molecular flexibility index (Phi) is 5.70. The predicted molar refractivity (Wildman–Crippen MR) is 98.5 cm³/mol. The molecule has 1 saturated heterocycles. The summed E-state index contributed by atoms with van der Waals surface area (Å²) in [5.41, 5.74) is 0.993. The van der Waals surface area contributed by atoms with Crippen LogP contribution in [0.2, 0.25) is 5.02 Å². The second kappa shape index (κ2) is 8.00. The number of ether oxygens (including phenoxy) is 1. The van der Waals surface area contributed by atoms with Crippen molar-refractivity contribution in [3.8, 4) is 5.75 Å². The maximum Gasteiger partial charge on any atom is 0.407 e. The van der Waals surface area contributed by atoms with E-state index >= 15 is 0 Å². The van der Waals surface area contributed by atoms with Gasteiger partial charge in [-0.2, -0.15) is 0 Å². The van der Waals surface area contributed by atoms with Gasteiger partial charge in [0.15, 0.2) is 11.6 Å². The Labute approximate surface area is 160 Å². The molecule has 2 aromatic carbocycles. The van der Waals surface area contributed by atoms with Crippen LogP contribution < -0.4 is 9.64 Å². The van der Waals surface area contributed by atoms with E-state index in [1.807, 2.05) is 11.8 Å². The van der Waals surface area contributed by atoms with Crippen molar-refractivity contribution in [2.45, 2.75) is 19.6 Å². The van der Waals surface area contributed by atoms with Crippen LogP contribution in [0.15, 0.2) is 36.4 Å². The zero-order valence-corrected chi connectivity index (χ0v) is 15.4. The Morgan fingerprint density at radius 1 is 1.22 bits per heavy atom. The second-order valence-corrected chi connectivity index (χ2v) is 6.85. The summed E-state index contributed by atoms with van der Waals surface area (Å²) in [6.07, 6.45) is -0.949. The number of nitrogens with zero attached hydrogens (tertiary/aromatic N) is 2. The van der Waals surface area contributed by atoms with Gasteiger partial charge >= 0.3 is 6.09 Å². The number of carboxylic acid groups (broad SMARTS) is 1. The number of piperazine rings is 1. The first-order valence-corrected chi connectivity index (χ1v) is 8.83. The summed E-state index contributed by atoms with van der Waals surface area (Å²) in [7, 11) is 0. The number of anilines is 1. The molecule has 0 saturated carbocycles. The number of rotatable bonds is 4. The number of benzene rings is 2. The molecule has 1 N–H and O–H groups in total. The molecule has 1 amide bonds. The van der Waals surface area contributed by atoms with Gasteiger partial charge in [0.05, 0.1) is 0 Å². The first kappa shape index (κ1) is 19.2. The number of hydrogen-bond donors (Lipinski definition) is 1. The highest BCUT2D eigenvalue weighted by molar-refractivity contribution is 6.30. The van der Waals surface area contributed by atoms with Gasteiger partial charge in [-0.3, -0.25) is 0 Å². The Morgan fingerprint density at radius 3 is 2.67 bits per heavy atom. The summed E-state index contributed by atoms with van der Waals surface area (Å²) in [4.78, 5) is 14.5. The molecule has 0 spiro atoms. The minimum absolute atomic E-state index is 0.00941. The van der Waals surface area contributed by atoms with Crippen LogP contribution in [0.5, 0.6) is 5.75 Å². The lowest BCUT2D eigenvalue weighted by atomic mass is 10.1. The summed E-state index contributed by atoms with van der Waals surface area (Å²) in [5.74, 6) is -1.06. The maximum absolute atomic E-state index is 14.1. The van der Waals surface area contributed by atoms with Gasteiger partial charge in [-0.1, -0.05) is 17.7 Å². The van der Waals surface area contributed by atoms with Crippen molar-refractivity contribution in [1.29, 1.82) is 0 Å². The van der Waals surface area contributed by atoms with Crippen LogP contribution in [0.4, 0.5) is 19.3 Å². The summed E-state index contributed by atoms with van der Waals surface area (Å²) in [6, 6.07) is 8.48. The van der Waals surface area contributed by atoms with Crippen molar-refractivity contribution in [2.24, 2.45) is 0 Å². The van der Waals surface area contributed by atoms with Gasteiger partial charge in [-0.05, 0) is 31.2 Å². The van der Waals surface area contributed by atoms with Gasteiger partial charge in [0, 0.05) is 48.0 Å². The SMILES string of the molecule is C[C@H]1CN(c2ccc(F)c(OCc3ccc(Cl)cc3F)c2)CCN1C(=O)O. The number of halogens is 3. The van der Waals surface area contributed by atoms with Crippen molar-refractivity contribution >= 4 is 23.4 Å². The topological polar surface area (TPSA) is 53.0 Å². The molecular formula is C19H19ClF2N2O3. The van der Waals surface area contributed by atoms with Crippen LogP contribution in [0.25, 0.3) is 0 Å². The normalized spacial score (nSPS) is 17.1. The Morgan fingerprint density at radius 2 is 2.00 bits per heavy atom. The van der Waals surface area contributed by atoms with Crippen LogP contribution in [-0.2, 0) is 6.61 Å². The molecule has 27 heavy (non-hydrogen) atoms. The summed E-state index contributed by atoms with van der Waals surface area (Å²) < 4.78 is 33.4. The number of hydrogen-bond acceptors (Lipinski definition) is 3. The van der Waals surface area contributed by atoms with Crippen LogP contribution in [-0.4, -0.2) is 41.8 Å². The fourth-order valence-electron chi connectivity index (χ4n) is 3.07. The highest BCUT2D eigenvalue weighted by atomic mass is 35.5. The number of amides is 1. The van der Waals surface area contributed by atoms with Crippen molar-refractivity contribution < 1.29 is 23.4 Å². The van der Waals surface area contributed by atoms with Crippen molar-refractivity contribution in [1.82, 2.24) is 4.90 Å². The van der Waals surface area contributed by atoms with E-state index in [1.54, 1.807) is 18.2 Å². The van der Waals surface area contributed by atoms with E-state index in [0.29, 0.717) is 19.6 Å². The van der Waals surface area contributed by atoms with Gasteiger partial charge in [-0.15, -0.1) is 0 Å². The minimum Gasteiger partial charge on any atom is -0.486 e. The lowest BCUT2D eigenvalue weighted by Crippen LogP contribution is -2.53. The van der Waals surface area contributed by atoms with Crippen molar-refractivity contribution in [2.75, 3.05) is 24.5 Å². The van der Waals surface area contributed by atoms with E-state index in [1.165, 1.54) is 23.1 Å². The monoisotopic (exact) mass is 396 g/mol. The highest BCUT2D eigenvalue weighted by Crippen LogP contribution is 2.28. The lowest BCUT2D eigenvalue weighted by molar-refractivity contribution is 0.122. The molecule has 1 aliphatic rings. The van der Waals surface area contributed by atoms with E-state index in [4.69, 9.17) is 21.4 Å². The molecule has 1 heterocycles. The fraction of sp³-hybridized carbons (Fsp3) is 0.316. The molecule has 144 valence electrons. The fourth-order valence-corrected chi connectivity index (χ4v) is 3.23. The molecule has 2 aromatic rings. The average Bonchev–Trinajstić information content (AvgIpc) is 2.62. The third-order valence-corrected chi connectivity index (χ3v) is 4.79. The van der Waals surface area contributed by atoms with Gasteiger partial charge in [0.25, 0.3) is 0 Å². The highest BCUT2D eigenvalue weighted by Gasteiger charge is 2.27. The van der Waals surface area contributed by atoms with E-state index in [0.717, 1.165) is 5.69 Å². The molecule has 0 unspecified atom stereocenters. The third kappa shape index (κ3) is 4.42. The summed E-state index contributed by atoms with van der Waals surface area (Å²) in [6.45, 7) is 3.04. The Hall–Kier alpha value is -2.54. The first-order valence-electron chi connectivity index (χ1n) is 8.46. The van der Waals surface area contributed by atoms with Gasteiger partial charge in [0.1, 0.15) is 12.4 Å². The van der Waals surface area contributed by atoms with E-state index in [2.05, 4.69) is 0 Å². The van der Waals surface area contributed by atoms with E-state index in [-0.39, 0.29) is 29.0 Å². The van der Waals surface area contributed by atoms with E-state index < -0.39 is 17.7 Å². The van der Waals surface area contributed by atoms with Gasteiger partial charge in [-0.25, -0.2) is 13.6 Å². The molecule has 3 rings (SSSR count). The molecule has 1 fully saturated rings. The van der Waals surface area contributed by atoms with Crippen LogP contribution in [0.1, 0.15) is 12.5 Å². The van der Waals surface area contributed by atoms with Crippen LogP contribution >= 0.6 is 11.6 Å². The third-order valence-electron chi connectivity index (χ3n) is 4.55. The Balaban J connectivity index is 1.72.